The summed E-state index contributed by atoms with van der Waals surface area (Å²) in [5.74, 6) is 2.83. The van der Waals surface area contributed by atoms with Crippen LogP contribution in [0.5, 0.6) is 11.8 Å². The van der Waals surface area contributed by atoms with Gasteiger partial charge in [-0.15, -0.1) is 0 Å². The van der Waals surface area contributed by atoms with Crippen LogP contribution < -0.4 is 4.74 Å². The molecule has 164 valence electrons. The number of nitrogens with one attached hydrogen (secondary N) is 1. The van der Waals surface area contributed by atoms with Gasteiger partial charge in [-0.1, -0.05) is 26.2 Å². The highest BCUT2D eigenvalue weighted by Gasteiger charge is 2.39. The van der Waals surface area contributed by atoms with E-state index in [-0.39, 0.29) is 11.8 Å². The van der Waals surface area contributed by atoms with Crippen molar-refractivity contribution in [1.82, 2.24) is 24.9 Å². The van der Waals surface area contributed by atoms with Gasteiger partial charge in [-0.25, -0.2) is 14.4 Å². The van der Waals surface area contributed by atoms with Gasteiger partial charge in [0.2, 0.25) is 0 Å². The monoisotopic (exact) mass is 431 g/mol. The number of nitrogens with zero attached hydrogens (tertiary/aromatic N) is 4. The highest BCUT2D eigenvalue weighted by Crippen LogP contribution is 2.51. The summed E-state index contributed by atoms with van der Waals surface area (Å²) in [7, 11) is 0. The third kappa shape index (κ3) is 3.22. The summed E-state index contributed by atoms with van der Waals surface area (Å²) >= 11 is 0. The van der Waals surface area contributed by atoms with Crippen molar-refractivity contribution in [2.45, 2.75) is 58.3 Å². The largest absolute Gasteiger partial charge is 0.421 e. The van der Waals surface area contributed by atoms with Crippen molar-refractivity contribution < 1.29 is 9.13 Å². The fourth-order valence-corrected chi connectivity index (χ4v) is 5.88. The van der Waals surface area contributed by atoms with Crippen LogP contribution in [0.4, 0.5) is 4.39 Å². The number of fused-ring (bicyclic) bond motifs is 4. The molecule has 3 heterocycles. The van der Waals surface area contributed by atoms with Crippen LogP contribution >= 0.6 is 0 Å². The lowest BCUT2D eigenvalue weighted by atomic mass is 9.96. The summed E-state index contributed by atoms with van der Waals surface area (Å²) in [4.78, 5) is 21.4. The lowest BCUT2D eigenvalue weighted by Crippen LogP contribution is -2.03. The lowest BCUT2D eigenvalue weighted by molar-refractivity contribution is 0.434. The fourth-order valence-electron chi connectivity index (χ4n) is 5.88. The normalized spacial score (nSPS) is 22.7. The number of aryl methyl sites for hydroxylation is 2. The van der Waals surface area contributed by atoms with E-state index in [4.69, 9.17) is 9.72 Å². The molecule has 6 rings (SSSR count). The van der Waals surface area contributed by atoms with Gasteiger partial charge in [-0.3, -0.25) is 0 Å². The topological polar surface area (TPSA) is 76.6 Å². The quantitative estimate of drug-likeness (QED) is 0.429. The first-order valence-electron chi connectivity index (χ1n) is 11.6. The third-order valence-electron chi connectivity index (χ3n) is 7.34. The van der Waals surface area contributed by atoms with Gasteiger partial charge in [-0.2, -0.15) is 9.97 Å². The van der Waals surface area contributed by atoms with Crippen LogP contribution in [-0.2, 0) is 6.42 Å². The molecule has 3 aromatic heterocycles. The SMILES string of the molecule is CCc1cc(F)cc2c1[nH]c1nc(Oc3cnc(C)nc3)nc(C3C[C@H]4CCC[C@H]4C3)c12. The number of benzene rings is 1. The smallest absolute Gasteiger partial charge is 0.324 e. The van der Waals surface area contributed by atoms with Crippen LogP contribution in [0, 0.1) is 24.6 Å². The first-order valence-corrected chi connectivity index (χ1v) is 11.6. The number of aromatic nitrogens is 5. The summed E-state index contributed by atoms with van der Waals surface area (Å²) in [5.41, 5.74) is 3.56. The maximum atomic E-state index is 14.5. The Bertz CT molecular complexity index is 1300. The van der Waals surface area contributed by atoms with Gasteiger partial charge in [0, 0.05) is 16.7 Å². The molecule has 0 amide bonds. The van der Waals surface area contributed by atoms with Crippen LogP contribution in [0.15, 0.2) is 24.5 Å². The van der Waals surface area contributed by atoms with E-state index < -0.39 is 0 Å². The van der Waals surface area contributed by atoms with E-state index in [1.54, 1.807) is 24.5 Å². The molecule has 0 aliphatic heterocycles. The zero-order valence-electron chi connectivity index (χ0n) is 18.4. The van der Waals surface area contributed by atoms with Gasteiger partial charge in [-0.05, 0) is 55.7 Å². The number of halogens is 1. The third-order valence-corrected chi connectivity index (χ3v) is 7.34. The first kappa shape index (κ1) is 19.6. The van der Waals surface area contributed by atoms with Gasteiger partial charge in [0.25, 0.3) is 0 Å². The molecule has 3 atom stereocenters. The molecule has 32 heavy (non-hydrogen) atoms. The van der Waals surface area contributed by atoms with E-state index in [2.05, 4.69) is 19.9 Å². The molecule has 2 saturated carbocycles. The van der Waals surface area contributed by atoms with Gasteiger partial charge >= 0.3 is 6.01 Å². The Labute approximate surface area is 185 Å². The molecule has 2 fully saturated rings. The van der Waals surface area contributed by atoms with Crippen LogP contribution in [0.25, 0.3) is 21.9 Å². The summed E-state index contributed by atoms with van der Waals surface area (Å²) in [6, 6.07) is 3.50. The highest BCUT2D eigenvalue weighted by molar-refractivity contribution is 6.08. The second kappa shape index (κ2) is 7.50. The van der Waals surface area contributed by atoms with Crippen molar-refractivity contribution >= 4 is 21.9 Å². The number of H-pyrrole nitrogens is 1. The Morgan fingerprint density at radius 1 is 1.09 bits per heavy atom. The number of rotatable bonds is 4. The van der Waals surface area contributed by atoms with E-state index in [1.807, 2.05) is 13.8 Å². The van der Waals surface area contributed by atoms with Crippen LogP contribution in [0.3, 0.4) is 0 Å². The minimum atomic E-state index is -0.221. The standard InChI is InChI=1S/C25H26FN5O/c1-3-14-9-18(26)10-20-21-23(17-7-15-5-4-6-16(15)8-17)30-25(31-24(21)29-22(14)20)32-19-11-27-13(2)28-12-19/h9-12,15-17H,3-8H2,1-2H3,(H,29,30,31)/t15-,16+,17?. The van der Waals surface area contributed by atoms with E-state index >= 15 is 0 Å². The Balaban J connectivity index is 1.53. The molecule has 2 aliphatic carbocycles. The zero-order chi connectivity index (χ0) is 21.8. The summed E-state index contributed by atoms with van der Waals surface area (Å²) in [5, 5.41) is 1.81. The summed E-state index contributed by atoms with van der Waals surface area (Å²) in [6.07, 6.45) is 10.2. The average Bonchev–Trinajstić information content (AvgIpc) is 3.47. The predicted octanol–water partition coefficient (Wildman–Crippen LogP) is 6.00. The number of hydrogen-bond acceptors (Lipinski definition) is 5. The molecular weight excluding hydrogens is 405 g/mol. The molecule has 7 heteroatoms. The Hall–Kier alpha value is -3.09. The van der Waals surface area contributed by atoms with Crippen LogP contribution in [0.1, 0.15) is 62.0 Å². The van der Waals surface area contributed by atoms with Crippen molar-refractivity contribution in [1.29, 1.82) is 0 Å². The maximum Gasteiger partial charge on any atom is 0.324 e. The molecule has 0 saturated heterocycles. The molecule has 0 radical (unpaired) electrons. The predicted molar refractivity (Wildman–Crippen MR) is 120 cm³/mol. The van der Waals surface area contributed by atoms with Gasteiger partial charge in [0.05, 0.1) is 23.6 Å². The fraction of sp³-hybridized carbons (Fsp3) is 0.440. The first-order chi connectivity index (χ1) is 15.6. The number of hydrogen-bond donors (Lipinski definition) is 1. The van der Waals surface area contributed by atoms with Gasteiger partial charge < -0.3 is 9.72 Å². The second-order valence-corrected chi connectivity index (χ2v) is 9.27. The van der Waals surface area contributed by atoms with E-state index in [0.29, 0.717) is 23.1 Å². The number of ether oxygens (including phenoxy) is 1. The van der Waals surface area contributed by atoms with Crippen molar-refractivity contribution in [3.63, 3.8) is 0 Å². The molecule has 0 spiro atoms. The molecule has 0 bridgehead atoms. The molecule has 1 aromatic carbocycles. The zero-order valence-corrected chi connectivity index (χ0v) is 18.4. The van der Waals surface area contributed by atoms with Crippen molar-refractivity contribution in [3.8, 4) is 11.8 Å². The molecule has 4 aromatic rings. The molecule has 2 aliphatic rings. The van der Waals surface area contributed by atoms with Crippen LogP contribution in [0.2, 0.25) is 0 Å². The molecule has 1 unspecified atom stereocenters. The average molecular weight is 432 g/mol. The Morgan fingerprint density at radius 2 is 1.84 bits per heavy atom. The van der Waals surface area contributed by atoms with Gasteiger partial charge in [0.15, 0.2) is 5.75 Å². The summed E-state index contributed by atoms with van der Waals surface area (Å²) < 4.78 is 20.5. The minimum Gasteiger partial charge on any atom is -0.421 e. The van der Waals surface area contributed by atoms with E-state index in [0.717, 1.165) is 58.6 Å². The van der Waals surface area contributed by atoms with Crippen molar-refractivity contribution in [3.05, 3.63) is 47.4 Å². The molecular formula is C25H26FN5O. The Kier molecular flexibility index (Phi) is 4.59. The van der Waals surface area contributed by atoms with E-state index in [1.165, 1.54) is 19.3 Å². The van der Waals surface area contributed by atoms with Crippen LogP contribution in [-0.4, -0.2) is 24.9 Å². The van der Waals surface area contributed by atoms with Crippen molar-refractivity contribution in [2.24, 2.45) is 11.8 Å². The Morgan fingerprint density at radius 3 is 2.56 bits per heavy atom. The van der Waals surface area contributed by atoms with Crippen molar-refractivity contribution in [2.75, 3.05) is 0 Å². The van der Waals surface area contributed by atoms with Gasteiger partial charge in [0.1, 0.15) is 17.3 Å². The summed E-state index contributed by atoms with van der Waals surface area (Å²) in [6.45, 7) is 3.87. The number of aromatic amines is 1. The minimum absolute atomic E-state index is 0.221. The second-order valence-electron chi connectivity index (χ2n) is 9.27. The molecule has 1 N–H and O–H groups in total. The highest BCUT2D eigenvalue weighted by atomic mass is 19.1. The maximum absolute atomic E-state index is 14.5. The lowest BCUT2D eigenvalue weighted by Gasteiger charge is -2.14. The van der Waals surface area contributed by atoms with E-state index in [9.17, 15) is 4.39 Å². The molecule has 6 nitrogen and oxygen atoms in total.